The maximum atomic E-state index is 3.61. The van der Waals surface area contributed by atoms with Gasteiger partial charge in [0.15, 0.2) is 0 Å². The van der Waals surface area contributed by atoms with E-state index in [1.165, 1.54) is 45.2 Å². The first-order chi connectivity index (χ1) is 8.81. The van der Waals surface area contributed by atoms with Crippen molar-refractivity contribution in [3.8, 4) is 0 Å². The fourth-order valence-electron chi connectivity index (χ4n) is 4.80. The topological polar surface area (TPSA) is 15.3 Å². The van der Waals surface area contributed by atoms with E-state index in [0.717, 1.165) is 18.6 Å². The van der Waals surface area contributed by atoms with Crippen LogP contribution in [0.15, 0.2) is 0 Å². The maximum Gasteiger partial charge on any atom is 0.0105 e. The standard InChI is InChI=1S/C17H34N2/c1-6-18-14-7-9-19(10-8-14)15-11-16(2,3)13-17(4,5)12-15/h14-15,18H,6-13H2,1-5H3. The molecule has 1 saturated carbocycles. The third kappa shape index (κ3) is 4.19. The zero-order valence-corrected chi connectivity index (χ0v) is 13.8. The Bertz CT molecular complexity index is 272. The summed E-state index contributed by atoms with van der Waals surface area (Å²) < 4.78 is 0. The molecule has 1 heterocycles. The first-order valence-corrected chi connectivity index (χ1v) is 8.29. The zero-order valence-electron chi connectivity index (χ0n) is 13.8. The summed E-state index contributed by atoms with van der Waals surface area (Å²) in [5, 5.41) is 3.61. The second-order valence-electron chi connectivity index (χ2n) is 8.44. The van der Waals surface area contributed by atoms with E-state index in [9.17, 15) is 0 Å². The van der Waals surface area contributed by atoms with E-state index in [4.69, 9.17) is 0 Å². The van der Waals surface area contributed by atoms with Gasteiger partial charge in [0, 0.05) is 12.1 Å². The highest BCUT2D eigenvalue weighted by molar-refractivity contribution is 4.94. The van der Waals surface area contributed by atoms with Crippen molar-refractivity contribution < 1.29 is 0 Å². The van der Waals surface area contributed by atoms with Crippen LogP contribution in [0.3, 0.4) is 0 Å². The fraction of sp³-hybridized carbons (Fsp3) is 1.00. The van der Waals surface area contributed by atoms with Crippen molar-refractivity contribution in [2.75, 3.05) is 19.6 Å². The van der Waals surface area contributed by atoms with E-state index in [0.29, 0.717) is 10.8 Å². The third-order valence-electron chi connectivity index (χ3n) is 5.07. The van der Waals surface area contributed by atoms with E-state index in [1.807, 2.05) is 0 Å². The molecule has 2 nitrogen and oxygen atoms in total. The molecule has 0 aromatic heterocycles. The van der Waals surface area contributed by atoms with Crippen molar-refractivity contribution in [2.24, 2.45) is 10.8 Å². The summed E-state index contributed by atoms with van der Waals surface area (Å²) in [5.41, 5.74) is 1.04. The molecule has 1 aliphatic heterocycles. The summed E-state index contributed by atoms with van der Waals surface area (Å²) in [6.07, 6.45) is 6.84. The summed E-state index contributed by atoms with van der Waals surface area (Å²) in [6, 6.07) is 1.59. The Balaban J connectivity index is 1.92. The minimum Gasteiger partial charge on any atom is -0.314 e. The normalized spacial score (nSPS) is 29.5. The molecule has 0 bridgehead atoms. The van der Waals surface area contributed by atoms with E-state index in [1.54, 1.807) is 0 Å². The van der Waals surface area contributed by atoms with Crippen LogP contribution in [-0.4, -0.2) is 36.6 Å². The molecule has 2 rings (SSSR count). The smallest absolute Gasteiger partial charge is 0.0105 e. The van der Waals surface area contributed by atoms with E-state index in [-0.39, 0.29) is 0 Å². The van der Waals surface area contributed by atoms with E-state index >= 15 is 0 Å². The number of nitrogens with zero attached hydrogens (tertiary/aromatic N) is 1. The minimum absolute atomic E-state index is 0.519. The van der Waals surface area contributed by atoms with Crippen molar-refractivity contribution in [3.63, 3.8) is 0 Å². The van der Waals surface area contributed by atoms with Gasteiger partial charge in [0.1, 0.15) is 0 Å². The first kappa shape index (κ1) is 15.3. The first-order valence-electron chi connectivity index (χ1n) is 8.29. The third-order valence-corrected chi connectivity index (χ3v) is 5.07. The van der Waals surface area contributed by atoms with Crippen LogP contribution in [0.2, 0.25) is 0 Å². The summed E-state index contributed by atoms with van der Waals surface area (Å²) in [7, 11) is 0. The number of hydrogen-bond acceptors (Lipinski definition) is 2. The summed E-state index contributed by atoms with van der Waals surface area (Å²) >= 11 is 0. The van der Waals surface area contributed by atoms with Crippen molar-refractivity contribution in [3.05, 3.63) is 0 Å². The largest absolute Gasteiger partial charge is 0.314 e. The monoisotopic (exact) mass is 266 g/mol. The SMILES string of the molecule is CCNC1CCN(C2CC(C)(C)CC(C)(C)C2)CC1. The van der Waals surface area contributed by atoms with Crippen LogP contribution in [-0.2, 0) is 0 Å². The van der Waals surface area contributed by atoms with Crippen LogP contribution in [0, 0.1) is 10.8 Å². The Morgan fingerprint density at radius 3 is 2.00 bits per heavy atom. The average molecular weight is 266 g/mol. The van der Waals surface area contributed by atoms with Gasteiger partial charge in [-0.2, -0.15) is 0 Å². The number of piperidine rings is 1. The summed E-state index contributed by atoms with van der Waals surface area (Å²) in [4.78, 5) is 2.79. The maximum absolute atomic E-state index is 3.61. The van der Waals surface area contributed by atoms with Crippen molar-refractivity contribution in [1.29, 1.82) is 0 Å². The molecule has 19 heavy (non-hydrogen) atoms. The van der Waals surface area contributed by atoms with Crippen LogP contribution >= 0.6 is 0 Å². The molecule has 0 radical (unpaired) electrons. The van der Waals surface area contributed by atoms with Crippen molar-refractivity contribution in [2.45, 2.75) is 78.8 Å². The molecule has 1 saturated heterocycles. The molecular weight excluding hydrogens is 232 g/mol. The molecule has 0 aromatic carbocycles. The molecule has 2 heteroatoms. The lowest BCUT2D eigenvalue weighted by Gasteiger charge is -2.50. The van der Waals surface area contributed by atoms with Gasteiger partial charge in [0.25, 0.3) is 0 Å². The van der Waals surface area contributed by atoms with Crippen LogP contribution in [0.1, 0.15) is 66.7 Å². The number of likely N-dealkylation sites (tertiary alicyclic amines) is 1. The summed E-state index contributed by atoms with van der Waals surface area (Å²) in [6.45, 7) is 15.8. The highest BCUT2D eigenvalue weighted by Gasteiger charge is 2.40. The lowest BCUT2D eigenvalue weighted by Crippen LogP contribution is -2.51. The molecule has 1 N–H and O–H groups in total. The van der Waals surface area contributed by atoms with E-state index in [2.05, 4.69) is 44.8 Å². The van der Waals surface area contributed by atoms with E-state index < -0.39 is 0 Å². The molecule has 0 atom stereocenters. The van der Waals surface area contributed by atoms with Gasteiger partial charge in [-0.3, -0.25) is 0 Å². The van der Waals surface area contributed by atoms with Gasteiger partial charge in [0.05, 0.1) is 0 Å². The van der Waals surface area contributed by atoms with Crippen LogP contribution in [0.25, 0.3) is 0 Å². The Morgan fingerprint density at radius 1 is 1.00 bits per heavy atom. The molecule has 2 aliphatic rings. The highest BCUT2D eigenvalue weighted by Crippen LogP contribution is 2.47. The van der Waals surface area contributed by atoms with Gasteiger partial charge in [-0.25, -0.2) is 0 Å². The predicted molar refractivity (Wildman–Crippen MR) is 83.5 cm³/mol. The fourth-order valence-corrected chi connectivity index (χ4v) is 4.80. The van der Waals surface area contributed by atoms with Gasteiger partial charge in [-0.1, -0.05) is 34.6 Å². The Hall–Kier alpha value is -0.0800. The predicted octanol–water partition coefficient (Wildman–Crippen LogP) is 3.67. The second kappa shape index (κ2) is 5.73. The zero-order chi connectivity index (χ0) is 14.1. The Labute approximate surface area is 120 Å². The number of rotatable bonds is 3. The van der Waals surface area contributed by atoms with Crippen LogP contribution in [0.5, 0.6) is 0 Å². The molecular formula is C17H34N2. The average Bonchev–Trinajstić information content (AvgIpc) is 2.26. The molecule has 0 aromatic rings. The quantitative estimate of drug-likeness (QED) is 0.838. The van der Waals surface area contributed by atoms with Crippen LogP contribution in [0.4, 0.5) is 0 Å². The van der Waals surface area contributed by atoms with Gasteiger partial charge >= 0.3 is 0 Å². The molecule has 0 spiro atoms. The van der Waals surface area contributed by atoms with Gasteiger partial charge in [-0.05, 0) is 62.6 Å². The number of hydrogen-bond donors (Lipinski definition) is 1. The second-order valence-corrected chi connectivity index (χ2v) is 8.44. The summed E-state index contributed by atoms with van der Waals surface area (Å²) in [5.74, 6) is 0. The lowest BCUT2D eigenvalue weighted by molar-refractivity contribution is 0.0128. The molecule has 112 valence electrons. The Morgan fingerprint density at radius 2 is 1.53 bits per heavy atom. The molecule has 0 unspecified atom stereocenters. The Kier molecular flexibility index (Phi) is 4.62. The molecule has 1 aliphatic carbocycles. The van der Waals surface area contributed by atoms with Gasteiger partial charge in [0.2, 0.25) is 0 Å². The van der Waals surface area contributed by atoms with Gasteiger partial charge < -0.3 is 10.2 Å². The highest BCUT2D eigenvalue weighted by atomic mass is 15.2. The lowest BCUT2D eigenvalue weighted by atomic mass is 9.63. The van der Waals surface area contributed by atoms with Crippen molar-refractivity contribution >= 4 is 0 Å². The molecule has 2 fully saturated rings. The number of nitrogens with one attached hydrogen (secondary N) is 1. The minimum atomic E-state index is 0.519. The van der Waals surface area contributed by atoms with Crippen molar-refractivity contribution in [1.82, 2.24) is 10.2 Å². The van der Waals surface area contributed by atoms with Crippen LogP contribution < -0.4 is 5.32 Å². The van der Waals surface area contributed by atoms with Gasteiger partial charge in [-0.15, -0.1) is 0 Å². The molecule has 0 amide bonds.